The third kappa shape index (κ3) is 8.03. The maximum atomic E-state index is 14.6. The molecule has 0 spiro atoms. The molecule has 0 bridgehead atoms. The number of piperazine rings is 1. The molecule has 6 aromatic rings. The number of hydrogen-bond donors (Lipinski definition) is 1. The molecule has 5 heterocycles. The second-order valence-electron chi connectivity index (χ2n) is 16.0. The average molecular weight is 869 g/mol. The molecule has 8 rings (SSSR count). The van der Waals surface area contributed by atoms with Crippen molar-refractivity contribution in [3.63, 3.8) is 0 Å². The number of benzene rings is 3. The lowest BCUT2D eigenvalue weighted by atomic mass is 9.99. The van der Waals surface area contributed by atoms with Crippen molar-refractivity contribution >= 4 is 46.3 Å². The Morgan fingerprint density at radius 1 is 0.984 bits per heavy atom. The van der Waals surface area contributed by atoms with Crippen LogP contribution in [0.25, 0.3) is 17.2 Å². The molecule has 0 radical (unpaired) electrons. The number of nitrogens with zero attached hydrogens (tertiary/aromatic N) is 9. The molecule has 0 aliphatic carbocycles. The van der Waals surface area contributed by atoms with E-state index in [1.54, 1.807) is 16.4 Å². The number of halogens is 4. The molecular weight excluding hydrogens is 825 g/mol. The van der Waals surface area contributed by atoms with Crippen molar-refractivity contribution in [1.29, 1.82) is 0 Å². The molecule has 0 unspecified atom stereocenters. The van der Waals surface area contributed by atoms with Gasteiger partial charge in [0.2, 0.25) is 11.7 Å². The normalized spacial score (nSPS) is 15.0. The number of likely N-dealkylation sites (N-methyl/N-ethyl adjacent to an activating group) is 1. The molecule has 3 aromatic carbocycles. The van der Waals surface area contributed by atoms with Crippen LogP contribution in [0, 0.1) is 6.92 Å². The molecule has 18 heteroatoms. The van der Waals surface area contributed by atoms with Gasteiger partial charge in [0.25, 0.3) is 11.5 Å². The molecule has 0 saturated carbocycles. The fraction of sp³-hybridized carbons (Fsp3) is 0.341. The maximum absolute atomic E-state index is 14.6. The van der Waals surface area contributed by atoms with Crippen LogP contribution in [0.1, 0.15) is 59.3 Å². The van der Waals surface area contributed by atoms with E-state index < -0.39 is 23.2 Å². The zero-order valence-corrected chi connectivity index (χ0v) is 35.5. The molecule has 1 saturated heterocycles. The zero-order valence-electron chi connectivity index (χ0n) is 34.8. The minimum absolute atomic E-state index is 0.0125. The van der Waals surface area contributed by atoms with Gasteiger partial charge in [-0.3, -0.25) is 14.4 Å². The lowest BCUT2D eigenvalue weighted by molar-refractivity contribution is -0.137. The van der Waals surface area contributed by atoms with Gasteiger partial charge in [-0.15, -0.1) is 5.10 Å². The van der Waals surface area contributed by atoms with E-state index in [-0.39, 0.29) is 84.5 Å². The summed E-state index contributed by atoms with van der Waals surface area (Å²) in [5.41, 5.74) is 3.68. The Labute approximate surface area is 359 Å². The highest BCUT2D eigenvalue weighted by atomic mass is 35.5. The summed E-state index contributed by atoms with van der Waals surface area (Å²) in [4.78, 5) is 61.6. The van der Waals surface area contributed by atoms with Crippen molar-refractivity contribution in [2.45, 2.75) is 65.4 Å². The highest BCUT2D eigenvalue weighted by Gasteiger charge is 2.35. The van der Waals surface area contributed by atoms with Gasteiger partial charge in [-0.05, 0) is 81.1 Å². The van der Waals surface area contributed by atoms with Crippen LogP contribution in [0.4, 0.5) is 30.2 Å². The van der Waals surface area contributed by atoms with Gasteiger partial charge >= 0.3 is 6.18 Å². The minimum Gasteiger partial charge on any atom is -0.485 e. The number of carbonyl (C=O) groups excluding carboxylic acids is 2. The molecule has 0 atom stereocenters. The van der Waals surface area contributed by atoms with Crippen molar-refractivity contribution < 1.29 is 27.5 Å². The molecule has 322 valence electrons. The first-order valence-corrected chi connectivity index (χ1v) is 20.5. The van der Waals surface area contributed by atoms with Crippen LogP contribution in [0.15, 0.2) is 77.9 Å². The first-order chi connectivity index (χ1) is 29.5. The summed E-state index contributed by atoms with van der Waals surface area (Å²) in [6.07, 6.45) is -2.21. The van der Waals surface area contributed by atoms with Crippen LogP contribution in [-0.4, -0.2) is 84.6 Å². The van der Waals surface area contributed by atoms with Crippen molar-refractivity contribution in [2.24, 2.45) is 0 Å². The number of rotatable bonds is 10. The molecule has 2 aliphatic rings. The van der Waals surface area contributed by atoms with Crippen LogP contribution in [0.2, 0.25) is 5.02 Å². The Morgan fingerprint density at radius 3 is 2.42 bits per heavy atom. The van der Waals surface area contributed by atoms with Crippen molar-refractivity contribution in [1.82, 2.24) is 34.0 Å². The quantitative estimate of drug-likeness (QED) is 0.156. The van der Waals surface area contributed by atoms with Gasteiger partial charge < -0.3 is 29.3 Å². The summed E-state index contributed by atoms with van der Waals surface area (Å²) in [6, 6.07) is 18.1. The molecular formula is C44H44ClF3N10O4. The number of fused-ring (bicyclic) bond motifs is 2. The highest BCUT2D eigenvalue weighted by Crippen LogP contribution is 2.39. The number of nitrogens with one attached hydrogen (secondary N) is 1. The lowest BCUT2D eigenvalue weighted by Crippen LogP contribution is -2.51. The predicted octanol–water partition coefficient (Wildman–Crippen LogP) is 6.84. The first-order valence-electron chi connectivity index (χ1n) is 20.1. The van der Waals surface area contributed by atoms with Crippen molar-refractivity contribution in [3.05, 3.63) is 122 Å². The van der Waals surface area contributed by atoms with Crippen LogP contribution in [-0.2, 0) is 37.0 Å². The fourth-order valence-electron chi connectivity index (χ4n) is 8.08. The predicted molar refractivity (Wildman–Crippen MR) is 229 cm³/mol. The highest BCUT2D eigenvalue weighted by molar-refractivity contribution is 6.33. The van der Waals surface area contributed by atoms with E-state index in [0.29, 0.717) is 29.1 Å². The van der Waals surface area contributed by atoms with Crippen molar-refractivity contribution in [3.8, 4) is 17.1 Å². The zero-order chi connectivity index (χ0) is 44.1. The number of carbonyl (C=O) groups is 2. The summed E-state index contributed by atoms with van der Waals surface area (Å²) in [5.74, 6) is -0.288. The fourth-order valence-corrected chi connectivity index (χ4v) is 8.31. The van der Waals surface area contributed by atoms with Gasteiger partial charge in [-0.1, -0.05) is 48.9 Å². The molecule has 1 N–H and O–H groups in total. The second kappa shape index (κ2) is 16.4. The number of ether oxygens (including phenoxy) is 1. The number of hydrogen-bond acceptors (Lipinski definition) is 10. The Morgan fingerprint density at radius 2 is 1.73 bits per heavy atom. The largest absolute Gasteiger partial charge is 0.485 e. The number of aromatic nitrogens is 6. The van der Waals surface area contributed by atoms with E-state index in [1.165, 1.54) is 10.8 Å². The smallest absolute Gasteiger partial charge is 0.416 e. The SMILES string of the molecule is CCc1c(N2CCN(C(=O)c3ncnc(C)c3OCc3ccccc3)CC2)c(=O)n2nc(-c3ccc4c(c3)CC(C)(C)N4C)nc2n1CC(=O)Nc1ccc(C(F)(F)F)cc1Cl. The summed E-state index contributed by atoms with van der Waals surface area (Å²) in [5, 5.41) is 7.05. The van der Waals surface area contributed by atoms with Crippen LogP contribution >= 0.6 is 11.6 Å². The minimum atomic E-state index is -4.62. The monoisotopic (exact) mass is 868 g/mol. The van der Waals surface area contributed by atoms with E-state index in [9.17, 15) is 27.6 Å². The molecule has 14 nitrogen and oxygen atoms in total. The topological polar surface area (TPSA) is 143 Å². The van der Waals surface area contributed by atoms with Crippen LogP contribution in [0.5, 0.6) is 5.75 Å². The molecule has 2 aliphatic heterocycles. The summed E-state index contributed by atoms with van der Waals surface area (Å²) in [7, 11) is 2.05. The standard InChI is InChI=1S/C44H44ClF3N10O4/c1-6-33-37(55-16-18-56(19-17-55)40(60)36-38(26(2)49-25-50-36)62-24-27-10-8-7-9-11-27)41(61)58-42(52-39(53-58)28-12-15-34-29(20-28)22-43(3,4)54(34)5)57(33)23-35(59)51-32-14-13-30(21-31(32)45)44(46,47)48/h7-15,20-21,25H,6,16-19,22-24H2,1-5H3,(H,51,59). The van der Waals surface area contributed by atoms with E-state index >= 15 is 0 Å². The Balaban J connectivity index is 1.12. The Hall–Kier alpha value is -6.49. The third-order valence-corrected chi connectivity index (χ3v) is 11.9. The summed E-state index contributed by atoms with van der Waals surface area (Å²) < 4.78 is 49.0. The molecule has 1 fully saturated rings. The van der Waals surface area contributed by atoms with E-state index in [0.717, 1.165) is 41.4 Å². The van der Waals surface area contributed by atoms with Crippen LogP contribution < -0.4 is 25.4 Å². The maximum Gasteiger partial charge on any atom is 0.416 e. The lowest BCUT2D eigenvalue weighted by Gasteiger charge is -2.36. The van der Waals surface area contributed by atoms with E-state index in [2.05, 4.69) is 34.0 Å². The van der Waals surface area contributed by atoms with Crippen LogP contribution in [0.3, 0.4) is 0 Å². The molecule has 2 amide bonds. The van der Waals surface area contributed by atoms with Gasteiger partial charge in [0.15, 0.2) is 17.3 Å². The van der Waals surface area contributed by atoms with Crippen molar-refractivity contribution in [2.75, 3.05) is 48.3 Å². The number of amides is 2. The Bertz CT molecular complexity index is 2770. The van der Waals surface area contributed by atoms with E-state index in [1.807, 2.05) is 67.4 Å². The Kier molecular flexibility index (Phi) is 11.2. The van der Waals surface area contributed by atoms with Gasteiger partial charge in [-0.25, -0.2) is 9.97 Å². The second-order valence-corrected chi connectivity index (χ2v) is 16.4. The summed E-state index contributed by atoms with van der Waals surface area (Å²) in [6.45, 7) is 8.73. The number of aryl methyl sites for hydroxylation is 1. The average Bonchev–Trinajstić information content (AvgIpc) is 3.79. The van der Waals surface area contributed by atoms with Gasteiger partial charge in [0.1, 0.15) is 25.2 Å². The van der Waals surface area contributed by atoms with Gasteiger partial charge in [0.05, 0.1) is 27.7 Å². The first kappa shape index (κ1) is 42.2. The molecule has 3 aromatic heterocycles. The number of alkyl halides is 3. The van der Waals surface area contributed by atoms with E-state index in [4.69, 9.17) is 26.4 Å². The van der Waals surface area contributed by atoms with Gasteiger partial charge in [-0.2, -0.15) is 22.7 Å². The van der Waals surface area contributed by atoms with Gasteiger partial charge in [0, 0.05) is 50.0 Å². The third-order valence-electron chi connectivity index (χ3n) is 11.6. The molecule has 62 heavy (non-hydrogen) atoms. The number of anilines is 3. The summed E-state index contributed by atoms with van der Waals surface area (Å²) >= 11 is 6.21.